The Morgan fingerprint density at radius 2 is 2.07 bits per heavy atom. The number of carbonyl (C=O) groups excluding carboxylic acids is 1. The second-order valence-electron chi connectivity index (χ2n) is 5.27. The van der Waals surface area contributed by atoms with Gasteiger partial charge < -0.3 is 0 Å². The van der Waals surface area contributed by atoms with E-state index in [9.17, 15) is 4.79 Å². The van der Waals surface area contributed by atoms with E-state index in [2.05, 4.69) is 12.2 Å². The fraction of sp³-hybridized carbons (Fsp3) is 0.769. The van der Waals surface area contributed by atoms with Crippen molar-refractivity contribution in [2.24, 2.45) is 23.7 Å². The highest BCUT2D eigenvalue weighted by Crippen LogP contribution is 2.45. The number of hydrogen-bond donors (Lipinski definition) is 0. The maximum absolute atomic E-state index is 11.8. The van der Waals surface area contributed by atoms with Gasteiger partial charge >= 0.3 is 0 Å². The molecule has 14 heavy (non-hydrogen) atoms. The predicted octanol–water partition coefficient (Wildman–Crippen LogP) is 2.96. The number of carbonyl (C=O) groups is 1. The molecule has 0 aromatic rings. The van der Waals surface area contributed by atoms with Crippen LogP contribution in [0.2, 0.25) is 0 Å². The lowest BCUT2D eigenvalue weighted by Gasteiger charge is -2.27. The molecule has 0 aliphatic heterocycles. The van der Waals surface area contributed by atoms with E-state index in [1.54, 1.807) is 0 Å². The number of Topliss-reactive ketones (excluding diaryl/α,β-unsaturated/α-hetero) is 1. The summed E-state index contributed by atoms with van der Waals surface area (Å²) in [6.07, 6.45) is 12.1. The van der Waals surface area contributed by atoms with Gasteiger partial charge in [-0.15, -0.1) is 0 Å². The molecule has 1 nitrogen and oxygen atoms in total. The van der Waals surface area contributed by atoms with E-state index in [-0.39, 0.29) is 0 Å². The minimum absolute atomic E-state index is 0.413. The summed E-state index contributed by atoms with van der Waals surface area (Å²) in [4.78, 5) is 11.8. The Labute approximate surface area is 85.6 Å². The standard InChI is InChI=1S/C13H18O/c14-12-7-6-10-3-1-2-9-4-5-11(8-9)13(10)12/h4-5,9-11,13H,1-3,6-8H2/t9-,10?,11-,13+/m0/s1. The van der Waals surface area contributed by atoms with Gasteiger partial charge in [0, 0.05) is 12.3 Å². The quantitative estimate of drug-likeness (QED) is 0.537. The van der Waals surface area contributed by atoms with Crippen LogP contribution in [0.5, 0.6) is 0 Å². The van der Waals surface area contributed by atoms with Gasteiger partial charge in [-0.2, -0.15) is 0 Å². The minimum atomic E-state index is 0.413. The molecule has 3 rings (SSSR count). The number of rotatable bonds is 0. The van der Waals surface area contributed by atoms with Crippen molar-refractivity contribution in [3.05, 3.63) is 12.2 Å². The molecule has 0 spiro atoms. The van der Waals surface area contributed by atoms with Crippen molar-refractivity contribution in [1.29, 1.82) is 0 Å². The van der Waals surface area contributed by atoms with E-state index < -0.39 is 0 Å². The zero-order chi connectivity index (χ0) is 9.54. The van der Waals surface area contributed by atoms with Crippen LogP contribution in [0, 0.1) is 23.7 Å². The Kier molecular flexibility index (Phi) is 2.00. The molecule has 1 heteroatoms. The molecule has 0 heterocycles. The smallest absolute Gasteiger partial charge is 0.136 e. The van der Waals surface area contributed by atoms with Crippen LogP contribution in [0.4, 0.5) is 0 Å². The highest BCUT2D eigenvalue weighted by atomic mass is 16.1. The molecule has 2 bridgehead atoms. The Balaban J connectivity index is 1.88. The maximum Gasteiger partial charge on any atom is 0.136 e. The van der Waals surface area contributed by atoms with E-state index in [1.165, 1.54) is 32.1 Å². The van der Waals surface area contributed by atoms with E-state index in [0.29, 0.717) is 17.6 Å². The fourth-order valence-corrected chi connectivity index (χ4v) is 3.78. The van der Waals surface area contributed by atoms with Crippen molar-refractivity contribution in [3.8, 4) is 0 Å². The monoisotopic (exact) mass is 190 g/mol. The number of fused-ring (bicyclic) bond motifs is 4. The van der Waals surface area contributed by atoms with Crippen LogP contribution in [0.3, 0.4) is 0 Å². The van der Waals surface area contributed by atoms with Crippen LogP contribution >= 0.6 is 0 Å². The molecule has 0 saturated heterocycles. The van der Waals surface area contributed by atoms with Crippen molar-refractivity contribution >= 4 is 5.78 Å². The molecule has 76 valence electrons. The summed E-state index contributed by atoms with van der Waals surface area (Å²) >= 11 is 0. The molecule has 0 N–H and O–H groups in total. The summed E-state index contributed by atoms with van der Waals surface area (Å²) in [6.45, 7) is 0. The lowest BCUT2D eigenvalue weighted by Crippen LogP contribution is -2.24. The van der Waals surface area contributed by atoms with Crippen molar-refractivity contribution < 1.29 is 4.79 Å². The van der Waals surface area contributed by atoms with Gasteiger partial charge in [-0.3, -0.25) is 4.79 Å². The normalized spacial score (nSPS) is 46.1. The first-order chi connectivity index (χ1) is 6.84. The third kappa shape index (κ3) is 1.25. The van der Waals surface area contributed by atoms with E-state index in [1.807, 2.05) is 0 Å². The highest BCUT2D eigenvalue weighted by molar-refractivity contribution is 5.84. The number of ketones is 1. The molecule has 3 aliphatic rings. The van der Waals surface area contributed by atoms with Crippen LogP contribution in [0.25, 0.3) is 0 Å². The lowest BCUT2D eigenvalue weighted by molar-refractivity contribution is -0.122. The van der Waals surface area contributed by atoms with Crippen molar-refractivity contribution in [1.82, 2.24) is 0 Å². The van der Waals surface area contributed by atoms with Gasteiger partial charge in [0.05, 0.1) is 0 Å². The molecule has 0 radical (unpaired) electrons. The summed E-state index contributed by atoms with van der Waals surface area (Å²) in [5.74, 6) is 3.12. The van der Waals surface area contributed by atoms with Gasteiger partial charge in [0.1, 0.15) is 5.78 Å². The Hall–Kier alpha value is -0.590. The van der Waals surface area contributed by atoms with E-state index in [4.69, 9.17) is 0 Å². The molecule has 4 atom stereocenters. The van der Waals surface area contributed by atoms with Crippen molar-refractivity contribution in [2.45, 2.75) is 38.5 Å². The average Bonchev–Trinajstić information content (AvgIpc) is 2.70. The summed E-state index contributed by atoms with van der Waals surface area (Å²) in [5, 5.41) is 0. The third-order valence-corrected chi connectivity index (χ3v) is 4.46. The van der Waals surface area contributed by atoms with Crippen LogP contribution in [-0.2, 0) is 4.79 Å². The van der Waals surface area contributed by atoms with Gasteiger partial charge in [-0.25, -0.2) is 0 Å². The highest BCUT2D eigenvalue weighted by Gasteiger charge is 2.41. The van der Waals surface area contributed by atoms with E-state index in [0.717, 1.165) is 18.3 Å². The fourth-order valence-electron chi connectivity index (χ4n) is 3.78. The van der Waals surface area contributed by atoms with Crippen LogP contribution < -0.4 is 0 Å². The van der Waals surface area contributed by atoms with Crippen LogP contribution in [0.1, 0.15) is 38.5 Å². The van der Waals surface area contributed by atoms with Gasteiger partial charge in [0.2, 0.25) is 0 Å². The number of allylic oxidation sites excluding steroid dienone is 2. The van der Waals surface area contributed by atoms with E-state index >= 15 is 0 Å². The summed E-state index contributed by atoms with van der Waals surface area (Å²) in [7, 11) is 0. The van der Waals surface area contributed by atoms with Gasteiger partial charge in [-0.05, 0) is 43.4 Å². The zero-order valence-electron chi connectivity index (χ0n) is 8.61. The molecular weight excluding hydrogens is 172 g/mol. The molecule has 0 aromatic carbocycles. The Bertz CT molecular complexity index is 279. The second-order valence-corrected chi connectivity index (χ2v) is 5.27. The molecular formula is C13H18O. The Morgan fingerprint density at radius 3 is 3.00 bits per heavy atom. The summed E-state index contributed by atoms with van der Waals surface area (Å²) in [5.41, 5.74) is 0. The molecule has 2 fully saturated rings. The average molecular weight is 190 g/mol. The SMILES string of the molecule is O=C1CCC2CCC[C@H]3C=C[C@@H](C3)[C@H]12. The van der Waals surface area contributed by atoms with Crippen molar-refractivity contribution in [3.63, 3.8) is 0 Å². The van der Waals surface area contributed by atoms with Gasteiger partial charge in [0.25, 0.3) is 0 Å². The first-order valence-electron chi connectivity index (χ1n) is 6.05. The molecule has 0 aromatic heterocycles. The minimum Gasteiger partial charge on any atom is -0.299 e. The summed E-state index contributed by atoms with van der Waals surface area (Å²) in [6, 6.07) is 0. The zero-order valence-corrected chi connectivity index (χ0v) is 8.61. The largest absolute Gasteiger partial charge is 0.299 e. The van der Waals surface area contributed by atoms with Gasteiger partial charge in [0.15, 0.2) is 0 Å². The van der Waals surface area contributed by atoms with Crippen LogP contribution in [0.15, 0.2) is 12.2 Å². The van der Waals surface area contributed by atoms with Crippen LogP contribution in [-0.4, -0.2) is 5.78 Å². The molecule has 3 aliphatic carbocycles. The first kappa shape index (κ1) is 8.70. The topological polar surface area (TPSA) is 17.1 Å². The second kappa shape index (κ2) is 3.22. The maximum atomic E-state index is 11.8. The lowest BCUT2D eigenvalue weighted by atomic mass is 9.77. The van der Waals surface area contributed by atoms with Crippen molar-refractivity contribution in [2.75, 3.05) is 0 Å². The predicted molar refractivity (Wildman–Crippen MR) is 55.8 cm³/mol. The molecule has 1 unspecified atom stereocenters. The molecule has 2 saturated carbocycles. The van der Waals surface area contributed by atoms with Gasteiger partial charge in [-0.1, -0.05) is 18.6 Å². The third-order valence-electron chi connectivity index (χ3n) is 4.46. The Morgan fingerprint density at radius 1 is 1.14 bits per heavy atom. The first-order valence-corrected chi connectivity index (χ1v) is 6.05. The molecule has 0 amide bonds. The number of hydrogen-bond acceptors (Lipinski definition) is 1. The summed E-state index contributed by atoms with van der Waals surface area (Å²) < 4.78 is 0.